The van der Waals surface area contributed by atoms with Crippen LogP contribution in [0.15, 0.2) is 24.3 Å². The molecule has 0 aliphatic carbocycles. The van der Waals surface area contributed by atoms with Crippen molar-refractivity contribution in [1.29, 1.82) is 0 Å². The van der Waals surface area contributed by atoms with E-state index in [0.29, 0.717) is 5.69 Å². The van der Waals surface area contributed by atoms with Gasteiger partial charge in [-0.2, -0.15) is 13.2 Å². The van der Waals surface area contributed by atoms with Gasteiger partial charge in [0, 0.05) is 12.2 Å². The van der Waals surface area contributed by atoms with Gasteiger partial charge in [-0.1, -0.05) is 15.9 Å². The van der Waals surface area contributed by atoms with Gasteiger partial charge in [-0.15, -0.1) is 0 Å². The van der Waals surface area contributed by atoms with E-state index in [1.807, 2.05) is 0 Å². The van der Waals surface area contributed by atoms with Gasteiger partial charge in [0.2, 0.25) is 0 Å². The topological polar surface area (TPSA) is 38.3 Å². The van der Waals surface area contributed by atoms with Gasteiger partial charge in [0.05, 0.1) is 12.7 Å². The maximum Gasteiger partial charge on any atom is 0.416 e. The van der Waals surface area contributed by atoms with Crippen molar-refractivity contribution in [2.75, 3.05) is 19.0 Å². The number of anilines is 1. The minimum atomic E-state index is -4.34. The number of esters is 1. The lowest BCUT2D eigenvalue weighted by molar-refractivity contribution is -0.139. The van der Waals surface area contributed by atoms with Gasteiger partial charge in [-0.3, -0.25) is 4.79 Å². The van der Waals surface area contributed by atoms with Gasteiger partial charge in [0.25, 0.3) is 0 Å². The van der Waals surface area contributed by atoms with Crippen molar-refractivity contribution in [2.24, 2.45) is 0 Å². The van der Waals surface area contributed by atoms with Crippen LogP contribution in [0.1, 0.15) is 5.56 Å². The highest BCUT2D eigenvalue weighted by Crippen LogP contribution is 2.29. The fourth-order valence-electron chi connectivity index (χ4n) is 1.20. The lowest BCUT2D eigenvalue weighted by Gasteiger charge is -2.11. The van der Waals surface area contributed by atoms with Gasteiger partial charge in [-0.05, 0) is 24.3 Å². The van der Waals surface area contributed by atoms with E-state index in [4.69, 9.17) is 0 Å². The molecule has 1 rings (SSSR count). The van der Waals surface area contributed by atoms with Crippen molar-refractivity contribution in [3.8, 4) is 0 Å². The molecule has 0 bridgehead atoms. The molecule has 0 aromatic heterocycles. The second-order valence-electron chi connectivity index (χ2n) is 3.45. The van der Waals surface area contributed by atoms with Crippen LogP contribution in [0.4, 0.5) is 18.9 Å². The number of carbonyl (C=O) groups excluding carboxylic acids is 1. The molecule has 1 aromatic rings. The van der Waals surface area contributed by atoms with Gasteiger partial charge < -0.3 is 10.1 Å². The highest BCUT2D eigenvalue weighted by molar-refractivity contribution is 9.10. The van der Waals surface area contributed by atoms with E-state index >= 15 is 0 Å². The number of alkyl halides is 4. The summed E-state index contributed by atoms with van der Waals surface area (Å²) in [5.41, 5.74) is -0.215. The molecule has 7 heteroatoms. The molecule has 100 valence electrons. The predicted molar refractivity (Wildman–Crippen MR) is 64.7 cm³/mol. The van der Waals surface area contributed by atoms with E-state index in [1.165, 1.54) is 19.2 Å². The third-order valence-electron chi connectivity index (χ3n) is 2.15. The smallest absolute Gasteiger partial charge is 0.416 e. The van der Waals surface area contributed by atoms with Crippen LogP contribution in [-0.4, -0.2) is 24.5 Å². The number of hydrogen-bond donors (Lipinski definition) is 1. The normalized spacial score (nSPS) is 12.9. The van der Waals surface area contributed by atoms with Crippen molar-refractivity contribution in [3.63, 3.8) is 0 Å². The van der Waals surface area contributed by atoms with Crippen molar-refractivity contribution < 1.29 is 22.7 Å². The van der Waals surface area contributed by atoms with Gasteiger partial charge in [-0.25, -0.2) is 0 Å². The molecular formula is C11H11BrF3NO2. The van der Waals surface area contributed by atoms with Crippen LogP contribution < -0.4 is 5.32 Å². The number of benzene rings is 1. The molecular weight excluding hydrogens is 315 g/mol. The number of carbonyl (C=O) groups is 1. The zero-order valence-corrected chi connectivity index (χ0v) is 11.0. The summed E-state index contributed by atoms with van der Waals surface area (Å²) < 4.78 is 41.4. The molecule has 18 heavy (non-hydrogen) atoms. The number of halogens is 4. The molecule has 0 radical (unpaired) electrons. The standard InChI is InChI=1S/C11H11BrF3NO2/c1-18-10(17)9(12)6-16-8-4-2-7(3-5-8)11(13,14)15/h2-5,9,16H,6H2,1H3. The summed E-state index contributed by atoms with van der Waals surface area (Å²) in [6, 6.07) is 4.56. The quantitative estimate of drug-likeness (QED) is 0.683. The van der Waals surface area contributed by atoms with E-state index in [9.17, 15) is 18.0 Å². The number of hydrogen-bond acceptors (Lipinski definition) is 3. The Balaban J connectivity index is 2.57. The molecule has 1 unspecified atom stereocenters. The largest absolute Gasteiger partial charge is 0.468 e. The second kappa shape index (κ2) is 6.08. The Kier molecular flexibility index (Phi) is 5.01. The van der Waals surface area contributed by atoms with Crippen LogP contribution in [0, 0.1) is 0 Å². The molecule has 0 aliphatic heterocycles. The van der Waals surface area contributed by atoms with E-state index in [-0.39, 0.29) is 6.54 Å². The SMILES string of the molecule is COC(=O)C(Br)CNc1ccc(C(F)(F)F)cc1. The molecule has 0 amide bonds. The third-order valence-corrected chi connectivity index (χ3v) is 2.85. The van der Waals surface area contributed by atoms with E-state index in [1.54, 1.807) is 0 Å². The highest BCUT2D eigenvalue weighted by atomic mass is 79.9. The maximum atomic E-state index is 12.3. The van der Waals surface area contributed by atoms with Gasteiger partial charge in [0.15, 0.2) is 0 Å². The van der Waals surface area contributed by atoms with Crippen molar-refractivity contribution in [2.45, 2.75) is 11.0 Å². The Morgan fingerprint density at radius 1 is 1.39 bits per heavy atom. The monoisotopic (exact) mass is 325 g/mol. The zero-order chi connectivity index (χ0) is 13.8. The maximum absolute atomic E-state index is 12.3. The average molecular weight is 326 g/mol. The first-order valence-corrected chi connectivity index (χ1v) is 5.89. The first-order chi connectivity index (χ1) is 8.34. The molecule has 0 spiro atoms. The first kappa shape index (κ1) is 14.8. The third kappa shape index (κ3) is 4.21. The summed E-state index contributed by atoms with van der Waals surface area (Å²) in [7, 11) is 1.26. The minimum Gasteiger partial charge on any atom is -0.468 e. The highest BCUT2D eigenvalue weighted by Gasteiger charge is 2.29. The molecule has 1 atom stereocenters. The Labute approximate surface area is 110 Å². The zero-order valence-electron chi connectivity index (χ0n) is 9.42. The Morgan fingerprint density at radius 3 is 2.39 bits per heavy atom. The summed E-state index contributed by atoms with van der Waals surface area (Å²) in [5.74, 6) is -0.450. The summed E-state index contributed by atoms with van der Waals surface area (Å²) in [6.07, 6.45) is -4.34. The van der Waals surface area contributed by atoms with Crippen LogP contribution in [0.2, 0.25) is 0 Å². The molecule has 1 N–H and O–H groups in total. The molecule has 1 aromatic carbocycles. The van der Waals surface area contributed by atoms with Crippen LogP contribution >= 0.6 is 15.9 Å². The number of ether oxygens (including phenoxy) is 1. The molecule has 0 aliphatic rings. The fraction of sp³-hybridized carbons (Fsp3) is 0.364. The van der Waals surface area contributed by atoms with Crippen LogP contribution in [0.3, 0.4) is 0 Å². The summed E-state index contributed by atoms with van der Waals surface area (Å²) in [4.78, 5) is 10.5. The average Bonchev–Trinajstić information content (AvgIpc) is 2.34. The molecule has 3 nitrogen and oxygen atoms in total. The Morgan fingerprint density at radius 2 is 1.94 bits per heavy atom. The van der Waals surface area contributed by atoms with Crippen LogP contribution in [0.25, 0.3) is 0 Å². The molecule has 0 fully saturated rings. The molecule has 0 saturated heterocycles. The number of rotatable bonds is 4. The van der Waals surface area contributed by atoms with Crippen molar-refractivity contribution >= 4 is 27.6 Å². The van der Waals surface area contributed by atoms with Crippen LogP contribution in [0.5, 0.6) is 0 Å². The summed E-state index contributed by atoms with van der Waals surface area (Å²) >= 11 is 3.09. The second-order valence-corrected chi connectivity index (χ2v) is 4.55. The Hall–Kier alpha value is -1.24. The molecule has 0 saturated carbocycles. The summed E-state index contributed by atoms with van der Waals surface area (Å²) in [6.45, 7) is 0.220. The van der Waals surface area contributed by atoms with Crippen molar-refractivity contribution in [1.82, 2.24) is 0 Å². The van der Waals surface area contributed by atoms with Gasteiger partial charge in [0.1, 0.15) is 4.83 Å². The van der Waals surface area contributed by atoms with Gasteiger partial charge >= 0.3 is 12.1 Å². The number of nitrogens with one attached hydrogen (secondary N) is 1. The number of methoxy groups -OCH3 is 1. The van der Waals surface area contributed by atoms with Crippen LogP contribution in [-0.2, 0) is 15.7 Å². The lowest BCUT2D eigenvalue weighted by Crippen LogP contribution is -2.24. The van der Waals surface area contributed by atoms with E-state index < -0.39 is 22.5 Å². The Bertz CT molecular complexity index is 406. The summed E-state index contributed by atoms with van der Waals surface area (Å²) in [5, 5.41) is 2.82. The first-order valence-electron chi connectivity index (χ1n) is 4.97. The molecule has 0 heterocycles. The fourth-order valence-corrected chi connectivity index (χ4v) is 1.54. The van der Waals surface area contributed by atoms with E-state index in [2.05, 4.69) is 26.0 Å². The lowest BCUT2D eigenvalue weighted by atomic mass is 10.2. The predicted octanol–water partition coefficient (Wildman–Crippen LogP) is 3.05. The van der Waals surface area contributed by atoms with Crippen molar-refractivity contribution in [3.05, 3.63) is 29.8 Å². The van der Waals surface area contributed by atoms with E-state index in [0.717, 1.165) is 12.1 Å². The minimum absolute atomic E-state index is 0.220.